The second-order valence-corrected chi connectivity index (χ2v) is 4.27. The largest absolute Gasteiger partial charge is 0.481 e. The topological polar surface area (TPSA) is 67.3 Å². The van der Waals surface area contributed by atoms with Crippen molar-refractivity contribution in [2.45, 2.75) is 33.1 Å². The number of aromatic nitrogens is 1. The van der Waals surface area contributed by atoms with E-state index >= 15 is 0 Å². The maximum absolute atomic E-state index is 11.7. The van der Waals surface area contributed by atoms with Crippen molar-refractivity contribution in [3.05, 3.63) is 29.6 Å². The molecular formula is C13H17NO3. The molecule has 1 N–H and O–H groups in total. The number of carbonyl (C=O) groups is 2. The molecular weight excluding hydrogens is 218 g/mol. The number of rotatable bonds is 6. The van der Waals surface area contributed by atoms with Crippen LogP contribution < -0.4 is 0 Å². The van der Waals surface area contributed by atoms with Gasteiger partial charge in [0.25, 0.3) is 0 Å². The van der Waals surface area contributed by atoms with Gasteiger partial charge in [0.1, 0.15) is 5.69 Å². The number of pyridine rings is 1. The summed E-state index contributed by atoms with van der Waals surface area (Å²) in [5.74, 6) is -1.23. The second-order valence-electron chi connectivity index (χ2n) is 4.27. The molecule has 0 bridgehead atoms. The molecule has 0 aliphatic heterocycles. The summed E-state index contributed by atoms with van der Waals surface area (Å²) in [7, 11) is 0. The number of carboxylic acid groups (broad SMARTS) is 1. The Bertz CT molecular complexity index is 415. The summed E-state index contributed by atoms with van der Waals surface area (Å²) in [5.41, 5.74) is 1.47. The van der Waals surface area contributed by atoms with Crippen molar-refractivity contribution < 1.29 is 14.7 Å². The summed E-state index contributed by atoms with van der Waals surface area (Å²) >= 11 is 0. The van der Waals surface area contributed by atoms with Crippen LogP contribution in [0.5, 0.6) is 0 Å². The van der Waals surface area contributed by atoms with Gasteiger partial charge in [-0.2, -0.15) is 0 Å². The maximum atomic E-state index is 11.7. The summed E-state index contributed by atoms with van der Waals surface area (Å²) in [6.07, 6.45) is 3.07. The highest BCUT2D eigenvalue weighted by molar-refractivity contribution is 5.94. The van der Waals surface area contributed by atoms with E-state index in [1.165, 1.54) is 0 Å². The zero-order valence-electron chi connectivity index (χ0n) is 10.1. The van der Waals surface area contributed by atoms with Crippen molar-refractivity contribution in [2.24, 2.45) is 5.92 Å². The standard InChI is InChI=1S/C13H17NO3/c1-9-6-7-14-11(8-9)12(15)5-3-4-10(2)13(16)17/h6-8,10H,3-5H2,1-2H3,(H,16,17). The Labute approximate surface area is 101 Å². The van der Waals surface area contributed by atoms with Crippen molar-refractivity contribution in [3.8, 4) is 0 Å². The average Bonchev–Trinajstić information content (AvgIpc) is 2.28. The van der Waals surface area contributed by atoms with E-state index in [-0.39, 0.29) is 5.78 Å². The van der Waals surface area contributed by atoms with Crippen molar-refractivity contribution in [2.75, 3.05) is 0 Å². The van der Waals surface area contributed by atoms with Crippen LogP contribution in [0.25, 0.3) is 0 Å². The van der Waals surface area contributed by atoms with Gasteiger partial charge >= 0.3 is 5.97 Å². The van der Waals surface area contributed by atoms with Crippen LogP contribution in [-0.4, -0.2) is 21.8 Å². The lowest BCUT2D eigenvalue weighted by molar-refractivity contribution is -0.141. The number of carboxylic acids is 1. The van der Waals surface area contributed by atoms with E-state index in [4.69, 9.17) is 5.11 Å². The highest BCUT2D eigenvalue weighted by atomic mass is 16.4. The van der Waals surface area contributed by atoms with Crippen LogP contribution in [0, 0.1) is 12.8 Å². The lowest BCUT2D eigenvalue weighted by Gasteiger charge is -2.05. The first kappa shape index (κ1) is 13.4. The summed E-state index contributed by atoms with van der Waals surface area (Å²) in [4.78, 5) is 26.3. The van der Waals surface area contributed by atoms with Crippen LogP contribution in [-0.2, 0) is 4.79 Å². The number of carbonyl (C=O) groups excluding carboxylic acids is 1. The third-order valence-electron chi connectivity index (χ3n) is 2.66. The van der Waals surface area contributed by atoms with E-state index in [1.54, 1.807) is 19.2 Å². The highest BCUT2D eigenvalue weighted by Crippen LogP contribution is 2.11. The van der Waals surface area contributed by atoms with E-state index in [2.05, 4.69) is 4.98 Å². The fourth-order valence-electron chi connectivity index (χ4n) is 1.51. The molecule has 0 saturated heterocycles. The summed E-state index contributed by atoms with van der Waals surface area (Å²) in [6.45, 7) is 3.56. The molecule has 1 aromatic heterocycles. The van der Waals surface area contributed by atoms with Crippen molar-refractivity contribution in [3.63, 3.8) is 0 Å². The minimum atomic E-state index is -0.814. The third kappa shape index (κ3) is 4.34. The van der Waals surface area contributed by atoms with Gasteiger partial charge in [0, 0.05) is 12.6 Å². The Balaban J connectivity index is 2.43. The van der Waals surface area contributed by atoms with E-state index in [1.807, 2.05) is 13.0 Å². The zero-order valence-corrected chi connectivity index (χ0v) is 10.1. The molecule has 4 heteroatoms. The number of aliphatic carboxylic acids is 1. The lowest BCUT2D eigenvalue weighted by atomic mass is 10.0. The number of ketones is 1. The molecule has 0 amide bonds. The fourth-order valence-corrected chi connectivity index (χ4v) is 1.51. The summed E-state index contributed by atoms with van der Waals surface area (Å²) in [5, 5.41) is 8.70. The number of hydrogen-bond donors (Lipinski definition) is 1. The summed E-state index contributed by atoms with van der Waals surface area (Å²) < 4.78 is 0. The molecule has 0 aliphatic carbocycles. The van der Waals surface area contributed by atoms with Crippen LogP contribution in [0.15, 0.2) is 18.3 Å². The molecule has 0 fully saturated rings. The van der Waals surface area contributed by atoms with E-state index < -0.39 is 11.9 Å². The van der Waals surface area contributed by atoms with Gasteiger partial charge in [0.05, 0.1) is 5.92 Å². The highest BCUT2D eigenvalue weighted by Gasteiger charge is 2.12. The third-order valence-corrected chi connectivity index (χ3v) is 2.66. The van der Waals surface area contributed by atoms with Crippen LogP contribution >= 0.6 is 0 Å². The average molecular weight is 235 g/mol. The predicted molar refractivity (Wildman–Crippen MR) is 64.0 cm³/mol. The molecule has 17 heavy (non-hydrogen) atoms. The van der Waals surface area contributed by atoms with Crippen LogP contribution in [0.4, 0.5) is 0 Å². The zero-order chi connectivity index (χ0) is 12.8. The normalized spacial score (nSPS) is 12.1. The van der Waals surface area contributed by atoms with Gasteiger partial charge in [-0.3, -0.25) is 14.6 Å². The smallest absolute Gasteiger partial charge is 0.306 e. The minimum Gasteiger partial charge on any atom is -0.481 e. The molecule has 1 aromatic rings. The van der Waals surface area contributed by atoms with E-state index in [0.717, 1.165) is 5.56 Å². The van der Waals surface area contributed by atoms with Gasteiger partial charge < -0.3 is 5.11 Å². The molecule has 0 aliphatic rings. The Kier molecular flexibility index (Phi) is 4.82. The Hall–Kier alpha value is -1.71. The van der Waals surface area contributed by atoms with Crippen molar-refractivity contribution in [1.82, 2.24) is 4.98 Å². The second kappa shape index (κ2) is 6.13. The lowest BCUT2D eigenvalue weighted by Crippen LogP contribution is -2.10. The number of nitrogens with zero attached hydrogens (tertiary/aromatic N) is 1. The Morgan fingerprint density at radius 3 is 2.76 bits per heavy atom. The maximum Gasteiger partial charge on any atom is 0.306 e. The minimum absolute atomic E-state index is 0.0220. The molecule has 92 valence electrons. The van der Waals surface area contributed by atoms with Crippen LogP contribution in [0.2, 0.25) is 0 Å². The Morgan fingerprint density at radius 2 is 2.18 bits per heavy atom. The van der Waals surface area contributed by atoms with Crippen molar-refractivity contribution in [1.29, 1.82) is 0 Å². The molecule has 1 rings (SSSR count). The number of hydrogen-bond acceptors (Lipinski definition) is 3. The number of aryl methyl sites for hydroxylation is 1. The summed E-state index contributed by atoms with van der Waals surface area (Å²) in [6, 6.07) is 3.59. The first-order valence-corrected chi connectivity index (χ1v) is 5.69. The van der Waals surface area contributed by atoms with Crippen molar-refractivity contribution >= 4 is 11.8 Å². The van der Waals surface area contributed by atoms with Gasteiger partial charge in [0.15, 0.2) is 5.78 Å². The fraction of sp³-hybridized carbons (Fsp3) is 0.462. The van der Waals surface area contributed by atoms with Gasteiger partial charge in [-0.1, -0.05) is 6.92 Å². The SMILES string of the molecule is Cc1ccnc(C(=O)CCCC(C)C(=O)O)c1. The molecule has 0 saturated carbocycles. The quantitative estimate of drug-likeness (QED) is 0.769. The molecule has 1 unspecified atom stereocenters. The molecule has 4 nitrogen and oxygen atoms in total. The molecule has 0 spiro atoms. The monoisotopic (exact) mass is 235 g/mol. The molecule has 0 radical (unpaired) electrons. The van der Waals surface area contributed by atoms with Gasteiger partial charge in [0.2, 0.25) is 0 Å². The van der Waals surface area contributed by atoms with E-state index in [9.17, 15) is 9.59 Å². The molecule has 1 atom stereocenters. The van der Waals surface area contributed by atoms with Gasteiger partial charge in [-0.05, 0) is 37.5 Å². The number of Topliss-reactive ketones (excluding diaryl/α,β-unsaturated/α-hetero) is 1. The van der Waals surface area contributed by atoms with Crippen LogP contribution in [0.1, 0.15) is 42.2 Å². The first-order chi connectivity index (χ1) is 8.00. The van der Waals surface area contributed by atoms with Crippen LogP contribution in [0.3, 0.4) is 0 Å². The molecule has 1 heterocycles. The van der Waals surface area contributed by atoms with E-state index in [0.29, 0.717) is 25.0 Å². The first-order valence-electron chi connectivity index (χ1n) is 5.69. The molecule has 0 aromatic carbocycles. The van der Waals surface area contributed by atoms with Gasteiger partial charge in [-0.25, -0.2) is 0 Å². The predicted octanol–water partition coefficient (Wildman–Crippen LogP) is 2.46. The Morgan fingerprint density at radius 1 is 1.47 bits per heavy atom. The van der Waals surface area contributed by atoms with Gasteiger partial charge in [-0.15, -0.1) is 0 Å².